The Labute approximate surface area is 223 Å². The Kier molecular flexibility index (Phi) is 8.66. The number of amides is 2. The molecule has 1 atom stereocenters. The zero-order valence-corrected chi connectivity index (χ0v) is 23.4. The maximum atomic E-state index is 13.4. The number of nitrogens with zero attached hydrogens (tertiary/aromatic N) is 2. The average Bonchev–Trinajstić information content (AvgIpc) is 3.53. The molecule has 2 amide bonds. The number of carbonyl (C=O) groups excluding carboxylic acids is 1. The van der Waals surface area contributed by atoms with E-state index in [1.54, 1.807) is 33.5 Å². The molecule has 0 bridgehead atoms. The van der Waals surface area contributed by atoms with Gasteiger partial charge in [0.1, 0.15) is 5.00 Å². The smallest absolute Gasteiger partial charge is 0.319 e. The summed E-state index contributed by atoms with van der Waals surface area (Å²) >= 11 is 1.83. The third-order valence-electron chi connectivity index (χ3n) is 6.72. The second kappa shape index (κ2) is 11.9. The lowest BCUT2D eigenvalue weighted by atomic mass is 9.92. The van der Waals surface area contributed by atoms with Crippen LogP contribution in [-0.2, 0) is 13.0 Å². The van der Waals surface area contributed by atoms with Gasteiger partial charge in [-0.25, -0.2) is 4.79 Å². The number of urea groups is 1. The van der Waals surface area contributed by atoms with Crippen molar-refractivity contribution in [3.63, 3.8) is 0 Å². The van der Waals surface area contributed by atoms with Crippen molar-refractivity contribution < 1.29 is 19.0 Å². The topological polar surface area (TPSA) is 77.0 Å². The summed E-state index contributed by atoms with van der Waals surface area (Å²) in [6.07, 6.45) is 7.01. The van der Waals surface area contributed by atoms with Crippen LogP contribution in [0, 0.1) is 5.92 Å². The summed E-state index contributed by atoms with van der Waals surface area (Å²) < 4.78 is 18.5. The van der Waals surface area contributed by atoms with E-state index in [0.717, 1.165) is 32.4 Å². The Bertz CT molecular complexity index is 1180. The number of aromatic nitrogens is 1. The molecule has 0 fully saturated rings. The quantitative estimate of drug-likeness (QED) is 0.347. The number of nitrogens with one attached hydrogen (secondary N) is 2. The molecule has 1 aliphatic heterocycles. The Morgan fingerprint density at radius 2 is 1.73 bits per heavy atom. The Balaban J connectivity index is 1.66. The fourth-order valence-corrected chi connectivity index (χ4v) is 6.29. The fraction of sp³-hybridized carbons (Fsp3) is 0.464. The van der Waals surface area contributed by atoms with E-state index in [9.17, 15) is 4.79 Å². The van der Waals surface area contributed by atoms with Crippen LogP contribution in [0.5, 0.6) is 17.2 Å². The van der Waals surface area contributed by atoms with Gasteiger partial charge in [-0.15, -0.1) is 11.3 Å². The minimum atomic E-state index is -0.269. The van der Waals surface area contributed by atoms with Gasteiger partial charge in [0.2, 0.25) is 5.75 Å². The minimum Gasteiger partial charge on any atom is -0.493 e. The summed E-state index contributed by atoms with van der Waals surface area (Å²) in [6, 6.07) is 7.17. The molecule has 3 heterocycles. The van der Waals surface area contributed by atoms with E-state index in [-0.39, 0.29) is 12.1 Å². The van der Waals surface area contributed by atoms with E-state index in [4.69, 9.17) is 14.2 Å². The maximum Gasteiger partial charge on any atom is 0.319 e. The normalized spacial score (nSPS) is 14.2. The monoisotopic (exact) mass is 526 g/mol. The summed E-state index contributed by atoms with van der Waals surface area (Å²) in [7, 11) is 6.84. The number of ether oxygens (including phenoxy) is 3. The standard InChI is InChI=1S/C28H38N4O4S/c1-18(2)9-10-21(30-28(33)29-19-15-22(34-4)26(36-6)23(16-19)35-5)25-20-11-14-31(3)17-24(20)37-27(25)32-12-7-8-13-32/h7-8,12-13,15-16,18,21H,9-11,14,17H2,1-6H3,(H2,29,30,33). The van der Waals surface area contributed by atoms with Gasteiger partial charge in [0.15, 0.2) is 11.5 Å². The van der Waals surface area contributed by atoms with Crippen LogP contribution in [0.3, 0.4) is 0 Å². The van der Waals surface area contributed by atoms with Crippen molar-refractivity contribution in [2.75, 3.05) is 40.2 Å². The molecule has 1 aromatic carbocycles. The van der Waals surface area contributed by atoms with Crippen molar-refractivity contribution in [1.29, 1.82) is 0 Å². The first kappa shape index (κ1) is 26.9. The lowest BCUT2D eigenvalue weighted by molar-refractivity contribution is 0.247. The van der Waals surface area contributed by atoms with Crippen molar-refractivity contribution in [3.8, 4) is 22.2 Å². The minimum absolute atomic E-state index is 0.120. The molecule has 9 heteroatoms. The second-order valence-corrected chi connectivity index (χ2v) is 10.9. The highest BCUT2D eigenvalue weighted by atomic mass is 32.1. The highest BCUT2D eigenvalue weighted by Crippen LogP contribution is 2.42. The number of hydrogen-bond donors (Lipinski definition) is 2. The molecule has 37 heavy (non-hydrogen) atoms. The number of benzene rings is 1. The van der Waals surface area contributed by atoms with Gasteiger partial charge in [-0.3, -0.25) is 0 Å². The molecule has 4 rings (SSSR count). The second-order valence-electron chi connectivity index (χ2n) is 9.84. The number of likely N-dealkylation sites (N-methyl/N-ethyl adjacent to an activating group) is 1. The molecule has 1 unspecified atom stereocenters. The van der Waals surface area contributed by atoms with Crippen molar-refractivity contribution >= 4 is 23.1 Å². The van der Waals surface area contributed by atoms with Gasteiger partial charge in [-0.1, -0.05) is 13.8 Å². The number of methoxy groups -OCH3 is 3. The van der Waals surface area contributed by atoms with E-state index >= 15 is 0 Å². The summed E-state index contributed by atoms with van der Waals surface area (Å²) in [5.41, 5.74) is 3.19. The zero-order valence-electron chi connectivity index (χ0n) is 22.6. The van der Waals surface area contributed by atoms with E-state index < -0.39 is 0 Å². The van der Waals surface area contributed by atoms with Crippen LogP contribution in [0.15, 0.2) is 36.7 Å². The van der Waals surface area contributed by atoms with Crippen LogP contribution in [-0.4, -0.2) is 50.4 Å². The first-order valence-corrected chi connectivity index (χ1v) is 13.5. The average molecular weight is 527 g/mol. The van der Waals surface area contributed by atoms with Gasteiger partial charge in [0.05, 0.1) is 33.1 Å². The fourth-order valence-electron chi connectivity index (χ4n) is 4.83. The van der Waals surface area contributed by atoms with Gasteiger partial charge >= 0.3 is 6.03 Å². The molecule has 3 aromatic rings. The maximum absolute atomic E-state index is 13.4. The van der Waals surface area contributed by atoms with Gasteiger partial charge in [0.25, 0.3) is 0 Å². The van der Waals surface area contributed by atoms with Crippen LogP contribution >= 0.6 is 11.3 Å². The first-order chi connectivity index (χ1) is 17.8. The Morgan fingerprint density at radius 3 is 2.32 bits per heavy atom. The SMILES string of the molecule is COc1cc(NC(=O)NC(CCC(C)C)c2c(-n3cccc3)sc3c2CCN(C)C3)cc(OC)c1OC. The molecule has 0 aliphatic carbocycles. The Hall–Kier alpha value is -3.17. The van der Waals surface area contributed by atoms with E-state index in [0.29, 0.717) is 28.9 Å². The summed E-state index contributed by atoms with van der Waals surface area (Å²) in [5.74, 6) is 1.98. The van der Waals surface area contributed by atoms with Crippen LogP contribution in [0.25, 0.3) is 5.00 Å². The molecular weight excluding hydrogens is 488 g/mol. The van der Waals surface area contributed by atoms with Crippen molar-refractivity contribution in [2.45, 2.75) is 45.7 Å². The van der Waals surface area contributed by atoms with Gasteiger partial charge in [-0.05, 0) is 49.9 Å². The molecular formula is C28H38N4O4S. The highest BCUT2D eigenvalue weighted by molar-refractivity contribution is 7.15. The predicted octanol–water partition coefficient (Wildman–Crippen LogP) is 5.85. The number of rotatable bonds is 10. The van der Waals surface area contributed by atoms with Crippen LogP contribution in [0.4, 0.5) is 10.5 Å². The van der Waals surface area contributed by atoms with Crippen LogP contribution < -0.4 is 24.8 Å². The van der Waals surface area contributed by atoms with Gasteiger partial charge in [0, 0.05) is 48.1 Å². The number of thiophene rings is 1. The summed E-state index contributed by atoms with van der Waals surface area (Å²) in [6.45, 7) is 6.38. The Morgan fingerprint density at radius 1 is 1.05 bits per heavy atom. The number of carbonyl (C=O) groups is 1. The number of hydrogen-bond acceptors (Lipinski definition) is 6. The molecule has 0 saturated carbocycles. The zero-order chi connectivity index (χ0) is 26.5. The molecule has 200 valence electrons. The lowest BCUT2D eigenvalue weighted by Gasteiger charge is -2.26. The van der Waals surface area contributed by atoms with Crippen LogP contribution in [0.2, 0.25) is 0 Å². The third-order valence-corrected chi connectivity index (χ3v) is 7.96. The lowest BCUT2D eigenvalue weighted by Crippen LogP contribution is -2.34. The van der Waals surface area contributed by atoms with Crippen molar-refractivity contribution in [3.05, 3.63) is 52.7 Å². The predicted molar refractivity (Wildman–Crippen MR) is 149 cm³/mol. The molecule has 0 radical (unpaired) electrons. The first-order valence-electron chi connectivity index (χ1n) is 12.7. The van der Waals surface area contributed by atoms with Gasteiger partial charge < -0.3 is 34.3 Å². The molecule has 0 saturated heterocycles. The molecule has 8 nitrogen and oxygen atoms in total. The highest BCUT2D eigenvalue weighted by Gasteiger charge is 2.29. The number of fused-ring (bicyclic) bond motifs is 1. The summed E-state index contributed by atoms with van der Waals surface area (Å²) in [4.78, 5) is 17.1. The molecule has 0 spiro atoms. The third kappa shape index (κ3) is 6.05. The largest absolute Gasteiger partial charge is 0.493 e. The van der Waals surface area contributed by atoms with Gasteiger partial charge in [-0.2, -0.15) is 0 Å². The van der Waals surface area contributed by atoms with Crippen LogP contribution in [0.1, 0.15) is 48.7 Å². The van der Waals surface area contributed by atoms with E-state index in [2.05, 4.69) is 53.4 Å². The van der Waals surface area contributed by atoms with Crippen molar-refractivity contribution in [2.24, 2.45) is 5.92 Å². The molecule has 2 aromatic heterocycles. The summed E-state index contributed by atoms with van der Waals surface area (Å²) in [5, 5.41) is 7.48. The molecule has 1 aliphatic rings. The van der Waals surface area contributed by atoms with Crippen molar-refractivity contribution in [1.82, 2.24) is 14.8 Å². The van der Waals surface area contributed by atoms with E-state index in [1.165, 1.54) is 21.0 Å². The van der Waals surface area contributed by atoms with E-state index in [1.807, 2.05) is 23.5 Å². The number of anilines is 1. The molecule has 2 N–H and O–H groups in total.